The molecule has 2 unspecified atom stereocenters. The largest absolute Gasteiger partial charge is 0.493 e. The number of rotatable bonds is 21. The van der Waals surface area contributed by atoms with Crippen molar-refractivity contribution >= 4 is 12.2 Å². The molecule has 1 aliphatic carbocycles. The number of β-amino-alcohol motifs (C(OH)–C–C–N with tert-alkyl or cyclic N) is 1. The van der Waals surface area contributed by atoms with Gasteiger partial charge in [0.25, 0.3) is 0 Å². The van der Waals surface area contributed by atoms with Crippen LogP contribution in [-0.4, -0.2) is 117 Å². The smallest absolute Gasteiger partial charge is 0.412 e. The Morgan fingerprint density at radius 3 is 2.33 bits per heavy atom. The zero-order chi connectivity index (χ0) is 37.1. The second-order valence-electron chi connectivity index (χ2n) is 13.9. The van der Waals surface area contributed by atoms with E-state index in [1.807, 2.05) is 50.2 Å². The van der Waals surface area contributed by atoms with E-state index in [2.05, 4.69) is 20.9 Å². The summed E-state index contributed by atoms with van der Waals surface area (Å²) in [4.78, 5) is 26.9. The fourth-order valence-corrected chi connectivity index (χ4v) is 6.49. The average molecular weight is 729 g/mol. The van der Waals surface area contributed by atoms with Gasteiger partial charge in [0.15, 0.2) is 11.5 Å². The van der Waals surface area contributed by atoms with Gasteiger partial charge in [0, 0.05) is 51.2 Å². The number of methoxy groups -OCH3 is 1. The molecule has 1 saturated carbocycles. The summed E-state index contributed by atoms with van der Waals surface area (Å²) < 4.78 is 28.3. The Bertz CT molecular complexity index is 1350. The van der Waals surface area contributed by atoms with Gasteiger partial charge in [-0.3, -0.25) is 4.90 Å². The highest BCUT2D eigenvalue weighted by Crippen LogP contribution is 2.30. The number of alkyl carbamates (subject to hydrolysis) is 1. The number of hydrogen-bond donors (Lipinski definition) is 5. The lowest BCUT2D eigenvalue weighted by atomic mass is 9.91. The van der Waals surface area contributed by atoms with Crippen molar-refractivity contribution in [2.24, 2.45) is 0 Å². The first kappa shape index (κ1) is 41.1. The Morgan fingerprint density at radius 2 is 1.62 bits per heavy atom. The summed E-state index contributed by atoms with van der Waals surface area (Å²) in [5, 5.41) is 28.6. The van der Waals surface area contributed by atoms with E-state index in [-0.39, 0.29) is 25.4 Å². The number of aliphatic hydroxyl groups excluding tert-OH is 2. The summed E-state index contributed by atoms with van der Waals surface area (Å²) in [5.74, 6) is 1.48. The van der Waals surface area contributed by atoms with Crippen molar-refractivity contribution < 1.29 is 43.5 Å². The van der Waals surface area contributed by atoms with Gasteiger partial charge in [0.05, 0.1) is 32.5 Å². The van der Waals surface area contributed by atoms with Gasteiger partial charge in [-0.25, -0.2) is 9.59 Å². The van der Waals surface area contributed by atoms with Crippen molar-refractivity contribution in [1.29, 1.82) is 0 Å². The van der Waals surface area contributed by atoms with Gasteiger partial charge in [0.1, 0.15) is 18.5 Å². The highest BCUT2D eigenvalue weighted by atomic mass is 16.6. The van der Waals surface area contributed by atoms with Crippen molar-refractivity contribution in [3.63, 3.8) is 0 Å². The third-order valence-electron chi connectivity index (χ3n) is 9.38. The first-order chi connectivity index (χ1) is 25.2. The summed E-state index contributed by atoms with van der Waals surface area (Å²) in [6.07, 6.45) is 6.27. The van der Waals surface area contributed by atoms with Crippen LogP contribution in [0.1, 0.15) is 69.9 Å². The first-order valence-electron chi connectivity index (χ1n) is 18.9. The highest BCUT2D eigenvalue weighted by molar-refractivity contribution is 5.71. The first-order valence-corrected chi connectivity index (χ1v) is 18.9. The zero-order valence-electron chi connectivity index (χ0n) is 31.1. The molecule has 4 rings (SSSR count). The topological polar surface area (TPSA) is 160 Å². The third kappa shape index (κ3) is 14.8. The van der Waals surface area contributed by atoms with Crippen LogP contribution in [0.3, 0.4) is 0 Å². The van der Waals surface area contributed by atoms with E-state index in [9.17, 15) is 19.8 Å². The molecule has 2 aliphatic rings. The molecule has 2 fully saturated rings. The molecule has 1 aliphatic heterocycles. The lowest BCUT2D eigenvalue weighted by Gasteiger charge is -2.37. The van der Waals surface area contributed by atoms with E-state index in [1.54, 1.807) is 13.2 Å². The number of hydrogen-bond acceptors (Lipinski definition) is 11. The van der Waals surface area contributed by atoms with Crippen LogP contribution >= 0.6 is 0 Å². The van der Waals surface area contributed by atoms with Gasteiger partial charge in [-0.05, 0) is 73.9 Å². The number of unbranched alkanes of at least 4 members (excludes halogenated alkanes) is 1. The predicted molar refractivity (Wildman–Crippen MR) is 198 cm³/mol. The standard InChI is InChI=1S/C39H60N4O9/c1-28(2)42-25-32(45)27-51-33-13-10-29(11-14-33)17-23-50-38(46)40-19-6-7-20-41-39(47)52-36-15-12-30(24-37(36)48-3)18-22-49-35-9-5-4-8-34(35)43-21-16-31(44)26-43/h10-15,24,28,31-32,34-35,42,44-45H,4-9,16-23,25-27H2,1-3H3,(H,40,46)(H,41,47)/t31-,32?,34?,35+/m1/s1. The second kappa shape index (κ2) is 22.4. The van der Waals surface area contributed by atoms with Gasteiger partial charge in [0.2, 0.25) is 0 Å². The molecule has 1 heterocycles. The number of ether oxygens (including phenoxy) is 5. The lowest BCUT2D eigenvalue weighted by molar-refractivity contribution is -0.0316. The van der Waals surface area contributed by atoms with Crippen LogP contribution < -0.4 is 30.2 Å². The molecule has 1 saturated heterocycles. The van der Waals surface area contributed by atoms with Crippen molar-refractivity contribution in [2.45, 2.75) is 102 Å². The molecule has 4 atom stereocenters. The minimum Gasteiger partial charge on any atom is -0.493 e. The minimum absolute atomic E-state index is 0.184. The Hall–Kier alpha value is -3.62. The molecule has 2 amide bonds. The molecule has 13 heteroatoms. The lowest BCUT2D eigenvalue weighted by Crippen LogP contribution is -2.46. The number of amides is 2. The molecule has 0 spiro atoms. The number of nitrogens with one attached hydrogen (secondary N) is 3. The number of benzene rings is 2. The van der Waals surface area contributed by atoms with Gasteiger partial charge >= 0.3 is 12.2 Å². The number of nitrogens with zero attached hydrogens (tertiary/aromatic N) is 1. The molecule has 2 aromatic rings. The SMILES string of the molecule is COc1cc(CCO[C@H]2CCCCC2N2CC[C@@H](O)C2)ccc1OC(=O)NCCCCNC(=O)OCCc1ccc(OCC(O)CNC(C)C)cc1. The molecule has 52 heavy (non-hydrogen) atoms. The van der Waals surface area contributed by atoms with E-state index in [0.717, 1.165) is 43.5 Å². The summed E-state index contributed by atoms with van der Waals surface area (Å²) in [6.45, 7) is 8.03. The Labute approximate surface area is 308 Å². The van der Waals surface area contributed by atoms with E-state index in [4.69, 9.17) is 23.7 Å². The number of carbonyl (C=O) groups excluding carboxylic acids is 2. The molecular formula is C39H60N4O9. The number of aliphatic hydroxyl groups is 2. The zero-order valence-corrected chi connectivity index (χ0v) is 31.1. The molecule has 5 N–H and O–H groups in total. The van der Waals surface area contributed by atoms with Crippen LogP contribution in [0.2, 0.25) is 0 Å². The van der Waals surface area contributed by atoms with Gasteiger partial charge in [-0.2, -0.15) is 0 Å². The van der Waals surface area contributed by atoms with Crippen LogP contribution in [-0.2, 0) is 22.3 Å². The maximum absolute atomic E-state index is 12.4. The van der Waals surface area contributed by atoms with Crippen molar-refractivity contribution in [1.82, 2.24) is 20.9 Å². The van der Waals surface area contributed by atoms with Crippen LogP contribution in [0.5, 0.6) is 17.2 Å². The van der Waals surface area contributed by atoms with Gasteiger partial charge < -0.3 is 49.8 Å². The fraction of sp³-hybridized carbons (Fsp3) is 0.641. The fourth-order valence-electron chi connectivity index (χ4n) is 6.49. The molecule has 0 radical (unpaired) electrons. The van der Waals surface area contributed by atoms with E-state index in [1.165, 1.54) is 12.8 Å². The molecule has 13 nitrogen and oxygen atoms in total. The van der Waals surface area contributed by atoms with Crippen LogP contribution in [0.25, 0.3) is 0 Å². The van der Waals surface area contributed by atoms with Crippen LogP contribution in [0, 0.1) is 0 Å². The second-order valence-corrected chi connectivity index (χ2v) is 13.9. The summed E-state index contributed by atoms with van der Waals surface area (Å²) >= 11 is 0. The van der Waals surface area contributed by atoms with Gasteiger partial charge in [-0.1, -0.05) is 44.9 Å². The molecule has 2 aromatic carbocycles. The quantitative estimate of drug-likeness (QED) is 0.117. The molecular weight excluding hydrogens is 668 g/mol. The molecule has 290 valence electrons. The van der Waals surface area contributed by atoms with Crippen molar-refractivity contribution in [3.8, 4) is 17.2 Å². The highest BCUT2D eigenvalue weighted by Gasteiger charge is 2.34. The van der Waals surface area contributed by atoms with Gasteiger partial charge in [-0.15, -0.1) is 0 Å². The Morgan fingerprint density at radius 1 is 0.904 bits per heavy atom. The van der Waals surface area contributed by atoms with Crippen LogP contribution in [0.4, 0.5) is 9.59 Å². The number of carbonyl (C=O) groups is 2. The Kier molecular flexibility index (Phi) is 17.8. The van der Waals surface area contributed by atoms with E-state index < -0.39 is 18.3 Å². The number of likely N-dealkylation sites (tertiary alicyclic amines) is 1. The summed E-state index contributed by atoms with van der Waals surface area (Å²) in [6, 6.07) is 13.7. The van der Waals surface area contributed by atoms with Crippen molar-refractivity contribution in [2.75, 3.05) is 59.7 Å². The molecule has 0 bridgehead atoms. The van der Waals surface area contributed by atoms with Crippen LogP contribution in [0.15, 0.2) is 42.5 Å². The van der Waals surface area contributed by atoms with Crippen molar-refractivity contribution in [3.05, 3.63) is 53.6 Å². The monoisotopic (exact) mass is 728 g/mol. The minimum atomic E-state index is -0.588. The normalized spacial score (nSPS) is 19.6. The average Bonchev–Trinajstić information content (AvgIpc) is 3.58. The van der Waals surface area contributed by atoms with E-state index in [0.29, 0.717) is 81.3 Å². The maximum Gasteiger partial charge on any atom is 0.412 e. The Balaban J connectivity index is 1.03. The predicted octanol–water partition coefficient (Wildman–Crippen LogP) is 4.21. The van der Waals surface area contributed by atoms with E-state index >= 15 is 0 Å². The maximum atomic E-state index is 12.4. The summed E-state index contributed by atoms with van der Waals surface area (Å²) in [7, 11) is 1.55. The third-order valence-corrected chi connectivity index (χ3v) is 9.38. The summed E-state index contributed by atoms with van der Waals surface area (Å²) in [5.41, 5.74) is 2.03. The molecule has 0 aromatic heterocycles.